The zero-order valence-corrected chi connectivity index (χ0v) is 13.6. The quantitative estimate of drug-likeness (QED) is 0.813. The molecule has 0 aliphatic carbocycles. The second kappa shape index (κ2) is 6.85. The van der Waals surface area contributed by atoms with E-state index in [0.29, 0.717) is 18.3 Å². The topological polar surface area (TPSA) is 79.5 Å². The van der Waals surface area contributed by atoms with E-state index in [1.807, 2.05) is 40.7 Å². The number of rotatable bonds is 6. The summed E-state index contributed by atoms with van der Waals surface area (Å²) in [5.41, 5.74) is -0.0656. The van der Waals surface area contributed by atoms with Crippen molar-refractivity contribution in [2.24, 2.45) is 5.41 Å². The van der Waals surface area contributed by atoms with Crippen LogP contribution in [0, 0.1) is 5.41 Å². The number of aromatic nitrogens is 2. The number of hydrogen-bond donors (Lipinski definition) is 1. The first-order valence-corrected chi connectivity index (χ1v) is 7.05. The fourth-order valence-corrected chi connectivity index (χ4v) is 1.68. The highest BCUT2D eigenvalue weighted by molar-refractivity contribution is 5.75. The van der Waals surface area contributed by atoms with Gasteiger partial charge in [-0.1, -0.05) is 51.9 Å². The minimum atomic E-state index is -0.901. The van der Waals surface area contributed by atoms with Gasteiger partial charge in [0.1, 0.15) is 6.04 Å². The Morgan fingerprint density at radius 2 is 2.05 bits per heavy atom. The number of aliphatic carboxylic acids is 1. The molecule has 0 radical (unpaired) electrons. The smallest absolute Gasteiger partial charge is 0.324 e. The second-order valence-electron chi connectivity index (χ2n) is 6.62. The van der Waals surface area contributed by atoms with Crippen LogP contribution in [0.15, 0.2) is 16.7 Å². The van der Waals surface area contributed by atoms with Gasteiger partial charge in [0.05, 0.1) is 6.54 Å². The SMILES string of the molecule is CC(C)c1noc(CN(C)C(C=CC(C)(C)C)C(=O)O)n1. The minimum absolute atomic E-state index is 0.0656. The molecular weight excluding hydrogens is 270 g/mol. The number of carboxylic acid groups (broad SMARTS) is 1. The molecule has 0 spiro atoms. The van der Waals surface area contributed by atoms with Gasteiger partial charge in [0.25, 0.3) is 0 Å². The maximum Gasteiger partial charge on any atom is 0.324 e. The highest BCUT2D eigenvalue weighted by Gasteiger charge is 2.23. The molecule has 1 atom stereocenters. The molecule has 0 aromatic carbocycles. The van der Waals surface area contributed by atoms with Gasteiger partial charge in [0, 0.05) is 5.92 Å². The third-order valence-electron chi connectivity index (χ3n) is 2.89. The second-order valence-corrected chi connectivity index (χ2v) is 6.62. The van der Waals surface area contributed by atoms with E-state index >= 15 is 0 Å². The summed E-state index contributed by atoms with van der Waals surface area (Å²) in [6.07, 6.45) is 3.59. The van der Waals surface area contributed by atoms with Crippen LogP contribution in [-0.4, -0.2) is 39.2 Å². The molecule has 0 bridgehead atoms. The Morgan fingerprint density at radius 1 is 1.43 bits per heavy atom. The average molecular weight is 295 g/mol. The van der Waals surface area contributed by atoms with Gasteiger partial charge in [0.2, 0.25) is 5.89 Å². The first-order chi connectivity index (χ1) is 9.60. The van der Waals surface area contributed by atoms with E-state index in [9.17, 15) is 9.90 Å². The standard InChI is InChI=1S/C15H25N3O3/c1-10(2)13-16-12(21-17-13)9-18(6)11(14(19)20)7-8-15(3,4)5/h7-8,10-11H,9H2,1-6H3,(H,19,20). The largest absolute Gasteiger partial charge is 0.480 e. The van der Waals surface area contributed by atoms with Gasteiger partial charge in [-0.15, -0.1) is 0 Å². The molecule has 6 heteroatoms. The molecule has 1 aromatic heterocycles. The number of likely N-dealkylation sites (N-methyl/N-ethyl adjacent to an activating group) is 1. The Morgan fingerprint density at radius 3 is 2.48 bits per heavy atom. The van der Waals surface area contributed by atoms with Crippen LogP contribution in [0.4, 0.5) is 0 Å². The zero-order valence-electron chi connectivity index (χ0n) is 13.6. The Balaban J connectivity index is 2.79. The van der Waals surface area contributed by atoms with E-state index in [-0.39, 0.29) is 11.3 Å². The summed E-state index contributed by atoms with van der Waals surface area (Å²) in [5, 5.41) is 13.2. The van der Waals surface area contributed by atoms with Crippen molar-refractivity contribution in [3.63, 3.8) is 0 Å². The predicted octanol–water partition coefficient (Wildman–Crippen LogP) is 2.68. The first kappa shape index (κ1) is 17.4. The van der Waals surface area contributed by atoms with Crippen molar-refractivity contribution in [2.45, 2.75) is 53.1 Å². The van der Waals surface area contributed by atoms with Crippen LogP contribution in [-0.2, 0) is 11.3 Å². The maximum absolute atomic E-state index is 11.4. The Kier molecular flexibility index (Phi) is 5.66. The molecule has 0 saturated carbocycles. The lowest BCUT2D eigenvalue weighted by molar-refractivity contribution is -0.141. The Hall–Kier alpha value is -1.69. The fourth-order valence-electron chi connectivity index (χ4n) is 1.68. The molecule has 1 aromatic rings. The van der Waals surface area contributed by atoms with Crippen LogP contribution in [0.5, 0.6) is 0 Å². The molecule has 0 aliphatic rings. The summed E-state index contributed by atoms with van der Waals surface area (Å²) in [7, 11) is 1.73. The summed E-state index contributed by atoms with van der Waals surface area (Å²) < 4.78 is 5.15. The van der Waals surface area contributed by atoms with E-state index in [1.165, 1.54) is 0 Å². The number of hydrogen-bond acceptors (Lipinski definition) is 5. The van der Waals surface area contributed by atoms with Gasteiger partial charge in [0.15, 0.2) is 5.82 Å². The van der Waals surface area contributed by atoms with Crippen molar-refractivity contribution >= 4 is 5.97 Å². The molecule has 118 valence electrons. The lowest BCUT2D eigenvalue weighted by Crippen LogP contribution is -2.36. The molecular formula is C15H25N3O3. The molecule has 6 nitrogen and oxygen atoms in total. The summed E-state index contributed by atoms with van der Waals surface area (Å²) in [6.45, 7) is 10.3. The number of carbonyl (C=O) groups is 1. The van der Waals surface area contributed by atoms with E-state index in [1.54, 1.807) is 18.0 Å². The van der Waals surface area contributed by atoms with Gasteiger partial charge in [-0.25, -0.2) is 0 Å². The van der Waals surface area contributed by atoms with Crippen LogP contribution in [0.1, 0.15) is 52.3 Å². The van der Waals surface area contributed by atoms with Crippen LogP contribution >= 0.6 is 0 Å². The molecule has 1 N–H and O–H groups in total. The normalized spacial score (nSPS) is 14.3. The molecule has 0 aliphatic heterocycles. The van der Waals surface area contributed by atoms with Crippen LogP contribution in [0.3, 0.4) is 0 Å². The number of carboxylic acids is 1. The van der Waals surface area contributed by atoms with Crippen LogP contribution in [0.25, 0.3) is 0 Å². The third kappa shape index (κ3) is 5.67. The molecule has 1 unspecified atom stereocenters. The van der Waals surface area contributed by atoms with Gasteiger partial charge in [-0.2, -0.15) is 4.98 Å². The van der Waals surface area contributed by atoms with Gasteiger partial charge >= 0.3 is 5.97 Å². The highest BCUT2D eigenvalue weighted by atomic mass is 16.5. The molecule has 1 heterocycles. The van der Waals surface area contributed by atoms with Crippen molar-refractivity contribution < 1.29 is 14.4 Å². The predicted molar refractivity (Wildman–Crippen MR) is 79.9 cm³/mol. The average Bonchev–Trinajstić information content (AvgIpc) is 2.75. The lowest BCUT2D eigenvalue weighted by Gasteiger charge is -2.21. The third-order valence-corrected chi connectivity index (χ3v) is 2.89. The van der Waals surface area contributed by atoms with Crippen molar-refractivity contribution in [3.8, 4) is 0 Å². The molecule has 1 rings (SSSR count). The number of allylic oxidation sites excluding steroid dienone is 1. The van der Waals surface area contributed by atoms with Crippen molar-refractivity contribution in [1.82, 2.24) is 15.0 Å². The highest BCUT2D eigenvalue weighted by Crippen LogP contribution is 2.17. The van der Waals surface area contributed by atoms with E-state index < -0.39 is 12.0 Å². The summed E-state index contributed by atoms with van der Waals surface area (Å²) in [4.78, 5) is 17.3. The lowest BCUT2D eigenvalue weighted by atomic mass is 9.95. The Bertz CT molecular complexity index is 501. The molecule has 0 amide bonds. The van der Waals surface area contributed by atoms with Gasteiger partial charge in [-0.3, -0.25) is 9.69 Å². The van der Waals surface area contributed by atoms with E-state index in [4.69, 9.17) is 4.52 Å². The summed E-state index contributed by atoms with van der Waals surface area (Å²) in [6, 6.07) is -0.723. The monoisotopic (exact) mass is 295 g/mol. The maximum atomic E-state index is 11.4. The zero-order chi connectivity index (χ0) is 16.2. The van der Waals surface area contributed by atoms with Crippen molar-refractivity contribution in [2.75, 3.05) is 7.05 Å². The molecule has 0 saturated heterocycles. The Labute approximate surface area is 125 Å². The van der Waals surface area contributed by atoms with Crippen molar-refractivity contribution in [3.05, 3.63) is 23.9 Å². The van der Waals surface area contributed by atoms with Crippen LogP contribution < -0.4 is 0 Å². The van der Waals surface area contributed by atoms with Gasteiger partial charge in [-0.05, 0) is 12.5 Å². The van der Waals surface area contributed by atoms with Crippen LogP contribution in [0.2, 0.25) is 0 Å². The summed E-state index contributed by atoms with van der Waals surface area (Å²) in [5.74, 6) is 0.345. The molecule has 0 fully saturated rings. The van der Waals surface area contributed by atoms with E-state index in [2.05, 4.69) is 10.1 Å². The molecule has 21 heavy (non-hydrogen) atoms. The first-order valence-electron chi connectivity index (χ1n) is 7.05. The summed E-state index contributed by atoms with van der Waals surface area (Å²) >= 11 is 0. The van der Waals surface area contributed by atoms with Gasteiger partial charge < -0.3 is 9.63 Å². The van der Waals surface area contributed by atoms with Crippen molar-refractivity contribution in [1.29, 1.82) is 0 Å². The number of nitrogens with zero attached hydrogens (tertiary/aromatic N) is 3. The van der Waals surface area contributed by atoms with E-state index in [0.717, 1.165) is 0 Å². The fraction of sp³-hybridized carbons (Fsp3) is 0.667. The minimum Gasteiger partial charge on any atom is -0.480 e.